The van der Waals surface area contributed by atoms with Crippen molar-refractivity contribution in [1.82, 2.24) is 4.98 Å². The van der Waals surface area contributed by atoms with Gasteiger partial charge in [0, 0.05) is 6.20 Å². The van der Waals surface area contributed by atoms with Crippen LogP contribution in [0.5, 0.6) is 0 Å². The zero-order valence-corrected chi connectivity index (χ0v) is 12.4. The quantitative estimate of drug-likeness (QED) is 0.814. The summed E-state index contributed by atoms with van der Waals surface area (Å²) in [5, 5.41) is 2.62. The largest absolute Gasteiger partial charge is 0.462 e. The lowest BCUT2D eigenvalue weighted by atomic mass is 10.1. The predicted molar refractivity (Wildman–Crippen MR) is 83.1 cm³/mol. The molecule has 23 heavy (non-hydrogen) atoms. The maximum atomic E-state index is 12.2. The molecule has 0 saturated carbocycles. The summed E-state index contributed by atoms with van der Waals surface area (Å²) in [6.45, 7) is 1.94. The number of nitrogens with one attached hydrogen (secondary N) is 1. The summed E-state index contributed by atoms with van der Waals surface area (Å²) in [5.74, 6) is -1.67. The van der Waals surface area contributed by atoms with E-state index in [1.807, 2.05) is 0 Å². The monoisotopic (exact) mass is 313 g/mol. The van der Waals surface area contributed by atoms with Crippen molar-refractivity contribution in [3.05, 3.63) is 59.4 Å². The third-order valence-electron chi connectivity index (χ3n) is 2.95. The Hall–Kier alpha value is -3.22. The predicted octanol–water partition coefficient (Wildman–Crippen LogP) is 1.61. The minimum absolute atomic E-state index is 0.0634. The molecule has 1 aromatic carbocycles. The highest BCUT2D eigenvalue weighted by Gasteiger charge is 2.15. The highest BCUT2D eigenvalue weighted by molar-refractivity contribution is 6.08. The van der Waals surface area contributed by atoms with Crippen molar-refractivity contribution < 1.29 is 19.1 Å². The van der Waals surface area contributed by atoms with Crippen LogP contribution in [0.1, 0.15) is 38.1 Å². The van der Waals surface area contributed by atoms with Gasteiger partial charge in [-0.15, -0.1) is 0 Å². The maximum absolute atomic E-state index is 12.2. The number of nitrogens with two attached hydrogens (primary N) is 1. The first-order valence-corrected chi connectivity index (χ1v) is 6.86. The number of primary amides is 1. The van der Waals surface area contributed by atoms with E-state index < -0.39 is 17.8 Å². The van der Waals surface area contributed by atoms with Crippen molar-refractivity contribution in [3.63, 3.8) is 0 Å². The number of nitrogens with zero attached hydrogens (tertiary/aromatic N) is 1. The molecule has 0 aliphatic heterocycles. The Balaban J connectivity index is 2.20. The fraction of sp³-hybridized carbons (Fsp3) is 0.125. The molecule has 0 aliphatic carbocycles. The molecule has 7 nitrogen and oxygen atoms in total. The first-order chi connectivity index (χ1) is 11.0. The number of carbonyl (C=O) groups excluding carboxylic acids is 3. The lowest BCUT2D eigenvalue weighted by Gasteiger charge is -2.10. The van der Waals surface area contributed by atoms with Crippen LogP contribution >= 0.6 is 0 Å². The van der Waals surface area contributed by atoms with Crippen molar-refractivity contribution in [3.8, 4) is 0 Å². The molecule has 7 heteroatoms. The van der Waals surface area contributed by atoms with Gasteiger partial charge in [-0.2, -0.15) is 0 Å². The molecule has 118 valence electrons. The van der Waals surface area contributed by atoms with Crippen LogP contribution in [0.15, 0.2) is 42.6 Å². The van der Waals surface area contributed by atoms with E-state index in [1.54, 1.807) is 31.2 Å². The Morgan fingerprint density at radius 1 is 1.17 bits per heavy atom. The SMILES string of the molecule is CCOC(=O)c1ccccc1NC(=O)c1ccc(C(N)=O)nc1. The smallest absolute Gasteiger partial charge is 0.340 e. The van der Waals surface area contributed by atoms with Gasteiger partial charge in [-0.1, -0.05) is 12.1 Å². The Morgan fingerprint density at radius 3 is 2.52 bits per heavy atom. The van der Waals surface area contributed by atoms with Gasteiger partial charge in [0.2, 0.25) is 0 Å². The van der Waals surface area contributed by atoms with E-state index in [0.717, 1.165) is 0 Å². The minimum Gasteiger partial charge on any atom is -0.462 e. The summed E-state index contributed by atoms with van der Waals surface area (Å²) in [6.07, 6.45) is 1.24. The minimum atomic E-state index is -0.676. The molecular weight excluding hydrogens is 298 g/mol. The zero-order chi connectivity index (χ0) is 16.8. The zero-order valence-electron chi connectivity index (χ0n) is 12.4. The Morgan fingerprint density at radius 2 is 1.91 bits per heavy atom. The van der Waals surface area contributed by atoms with E-state index >= 15 is 0 Å². The second kappa shape index (κ2) is 7.17. The Bertz CT molecular complexity index is 741. The van der Waals surface area contributed by atoms with E-state index in [1.165, 1.54) is 18.3 Å². The number of rotatable bonds is 5. The van der Waals surface area contributed by atoms with Crippen molar-refractivity contribution >= 4 is 23.5 Å². The van der Waals surface area contributed by atoms with E-state index in [-0.39, 0.29) is 23.4 Å². The number of benzene rings is 1. The highest BCUT2D eigenvalue weighted by Crippen LogP contribution is 2.17. The topological polar surface area (TPSA) is 111 Å². The fourth-order valence-electron chi connectivity index (χ4n) is 1.85. The van der Waals surface area contributed by atoms with Crippen LogP contribution in [0.25, 0.3) is 0 Å². The number of para-hydroxylation sites is 1. The summed E-state index contributed by atoms with van der Waals surface area (Å²) in [5.41, 5.74) is 5.97. The van der Waals surface area contributed by atoms with Crippen molar-refractivity contribution in [2.75, 3.05) is 11.9 Å². The van der Waals surface area contributed by atoms with E-state index in [2.05, 4.69) is 10.3 Å². The highest BCUT2D eigenvalue weighted by atomic mass is 16.5. The van der Waals surface area contributed by atoms with Crippen LogP contribution in [0.4, 0.5) is 5.69 Å². The van der Waals surface area contributed by atoms with Gasteiger partial charge >= 0.3 is 5.97 Å². The average Bonchev–Trinajstić information content (AvgIpc) is 2.55. The van der Waals surface area contributed by atoms with Crippen molar-refractivity contribution in [2.24, 2.45) is 5.73 Å². The van der Waals surface area contributed by atoms with Crippen LogP contribution in [0.3, 0.4) is 0 Å². The number of carbonyl (C=O) groups is 3. The van der Waals surface area contributed by atoms with Crippen molar-refractivity contribution in [2.45, 2.75) is 6.92 Å². The van der Waals surface area contributed by atoms with Crippen molar-refractivity contribution in [1.29, 1.82) is 0 Å². The second-order valence-electron chi connectivity index (χ2n) is 4.52. The summed E-state index contributed by atoms with van der Waals surface area (Å²) in [6, 6.07) is 9.29. The number of aromatic nitrogens is 1. The first kappa shape index (κ1) is 16.2. The molecule has 1 heterocycles. The van der Waals surface area contributed by atoms with Gasteiger partial charge in [0.1, 0.15) is 5.69 Å². The van der Waals surface area contributed by atoms with Gasteiger partial charge in [-0.3, -0.25) is 14.6 Å². The van der Waals surface area contributed by atoms with Gasteiger partial charge in [0.15, 0.2) is 0 Å². The Kier molecular flexibility index (Phi) is 5.03. The molecule has 0 bridgehead atoms. The molecule has 0 unspecified atom stereocenters. The van der Waals surface area contributed by atoms with Crippen LogP contribution < -0.4 is 11.1 Å². The molecule has 0 atom stereocenters. The van der Waals surface area contributed by atoms with Crippen LogP contribution in [-0.4, -0.2) is 29.4 Å². The number of amides is 2. The molecule has 0 radical (unpaired) electrons. The maximum Gasteiger partial charge on any atom is 0.340 e. The van der Waals surface area contributed by atoms with Crippen LogP contribution in [-0.2, 0) is 4.74 Å². The van der Waals surface area contributed by atoms with Crippen LogP contribution in [0.2, 0.25) is 0 Å². The van der Waals surface area contributed by atoms with Gasteiger partial charge < -0.3 is 15.8 Å². The number of hydrogen-bond acceptors (Lipinski definition) is 5. The molecule has 2 amide bonds. The van der Waals surface area contributed by atoms with E-state index in [0.29, 0.717) is 5.69 Å². The number of hydrogen-bond donors (Lipinski definition) is 2. The number of ether oxygens (including phenoxy) is 1. The van der Waals surface area contributed by atoms with E-state index in [9.17, 15) is 14.4 Å². The molecule has 3 N–H and O–H groups in total. The molecule has 2 aromatic rings. The molecule has 2 rings (SSSR count). The number of pyridine rings is 1. The lowest BCUT2D eigenvalue weighted by molar-refractivity contribution is 0.0527. The summed E-state index contributed by atoms with van der Waals surface area (Å²) in [7, 11) is 0. The number of anilines is 1. The molecule has 0 aliphatic rings. The first-order valence-electron chi connectivity index (χ1n) is 6.86. The standard InChI is InChI=1S/C16H15N3O4/c1-2-23-16(22)11-5-3-4-6-12(11)19-15(21)10-7-8-13(14(17)20)18-9-10/h3-9H,2H2,1H3,(H2,17,20)(H,19,21). The van der Waals surface area contributed by atoms with Gasteiger partial charge in [0.25, 0.3) is 11.8 Å². The summed E-state index contributed by atoms with van der Waals surface area (Å²) < 4.78 is 4.94. The average molecular weight is 313 g/mol. The lowest BCUT2D eigenvalue weighted by Crippen LogP contribution is -2.17. The van der Waals surface area contributed by atoms with E-state index in [4.69, 9.17) is 10.5 Å². The molecule has 0 fully saturated rings. The third-order valence-corrected chi connectivity index (χ3v) is 2.95. The van der Waals surface area contributed by atoms with Gasteiger partial charge in [0.05, 0.1) is 23.4 Å². The van der Waals surface area contributed by atoms with Gasteiger partial charge in [-0.05, 0) is 31.2 Å². The molecule has 0 spiro atoms. The van der Waals surface area contributed by atoms with Crippen LogP contribution in [0, 0.1) is 0 Å². The molecule has 0 saturated heterocycles. The number of esters is 1. The van der Waals surface area contributed by atoms with Gasteiger partial charge in [-0.25, -0.2) is 4.79 Å². The second-order valence-corrected chi connectivity index (χ2v) is 4.52. The third kappa shape index (κ3) is 3.91. The normalized spacial score (nSPS) is 9.96. The molecular formula is C16H15N3O4. The molecule has 1 aromatic heterocycles. The summed E-state index contributed by atoms with van der Waals surface area (Å²) in [4.78, 5) is 38.8. The Labute approximate surface area is 132 Å². The summed E-state index contributed by atoms with van der Waals surface area (Å²) >= 11 is 0. The fourth-order valence-corrected chi connectivity index (χ4v) is 1.85.